The molecule has 24 heavy (non-hydrogen) atoms. The Morgan fingerprint density at radius 1 is 1.25 bits per heavy atom. The number of amides is 1. The van der Waals surface area contributed by atoms with E-state index in [1.807, 2.05) is 47.4 Å². The summed E-state index contributed by atoms with van der Waals surface area (Å²) in [7, 11) is 0. The first kappa shape index (κ1) is 17.0. The molecule has 0 aromatic heterocycles. The van der Waals surface area contributed by atoms with Crippen LogP contribution in [0.15, 0.2) is 54.6 Å². The van der Waals surface area contributed by atoms with E-state index in [4.69, 9.17) is 16.3 Å². The summed E-state index contributed by atoms with van der Waals surface area (Å²) >= 11 is 6.06. The average molecular weight is 344 g/mol. The Kier molecular flexibility index (Phi) is 5.54. The van der Waals surface area contributed by atoms with Crippen molar-refractivity contribution in [3.05, 3.63) is 70.7 Å². The van der Waals surface area contributed by atoms with E-state index in [-0.39, 0.29) is 17.9 Å². The number of ether oxygens (including phenoxy) is 1. The lowest BCUT2D eigenvalue weighted by Crippen LogP contribution is -2.42. The third-order valence-electron chi connectivity index (χ3n) is 4.49. The molecule has 2 atom stereocenters. The second kappa shape index (κ2) is 7.82. The highest BCUT2D eigenvalue weighted by Crippen LogP contribution is 2.26. The van der Waals surface area contributed by atoms with E-state index in [1.54, 1.807) is 0 Å². The Morgan fingerprint density at radius 2 is 2.04 bits per heavy atom. The standard InChI is InChI=1S/C20H22ClNO2/c1-15(16-6-3-2-4-7-16)12-20(23)22-10-11-24-19(14-22)17-8-5-9-18(21)13-17/h2-9,13,15,19H,10-12,14H2,1H3. The number of rotatable bonds is 4. The van der Waals surface area contributed by atoms with Crippen molar-refractivity contribution in [3.8, 4) is 0 Å². The lowest BCUT2D eigenvalue weighted by Gasteiger charge is -2.34. The maximum Gasteiger partial charge on any atom is 0.223 e. The van der Waals surface area contributed by atoms with Gasteiger partial charge in [0.15, 0.2) is 0 Å². The van der Waals surface area contributed by atoms with Crippen molar-refractivity contribution in [2.45, 2.75) is 25.4 Å². The van der Waals surface area contributed by atoms with E-state index in [0.29, 0.717) is 31.1 Å². The van der Waals surface area contributed by atoms with Crippen LogP contribution >= 0.6 is 11.6 Å². The molecule has 1 fully saturated rings. The van der Waals surface area contributed by atoms with Crippen molar-refractivity contribution in [1.29, 1.82) is 0 Å². The largest absolute Gasteiger partial charge is 0.370 e. The molecule has 0 saturated carbocycles. The van der Waals surface area contributed by atoms with Crippen molar-refractivity contribution in [2.75, 3.05) is 19.7 Å². The van der Waals surface area contributed by atoms with Gasteiger partial charge in [0.2, 0.25) is 5.91 Å². The summed E-state index contributed by atoms with van der Waals surface area (Å²) in [6, 6.07) is 17.8. The molecule has 2 aromatic rings. The van der Waals surface area contributed by atoms with E-state index in [0.717, 1.165) is 5.56 Å². The molecule has 3 rings (SSSR count). The maximum absolute atomic E-state index is 12.7. The molecular formula is C20H22ClNO2. The molecule has 0 N–H and O–H groups in total. The number of benzene rings is 2. The fraction of sp³-hybridized carbons (Fsp3) is 0.350. The van der Waals surface area contributed by atoms with Gasteiger partial charge in [-0.05, 0) is 29.2 Å². The van der Waals surface area contributed by atoms with Crippen molar-refractivity contribution in [3.63, 3.8) is 0 Å². The van der Waals surface area contributed by atoms with Gasteiger partial charge < -0.3 is 9.64 Å². The van der Waals surface area contributed by atoms with Gasteiger partial charge in [-0.15, -0.1) is 0 Å². The quantitative estimate of drug-likeness (QED) is 0.821. The van der Waals surface area contributed by atoms with Crippen LogP contribution in [0.4, 0.5) is 0 Å². The van der Waals surface area contributed by atoms with Crippen LogP contribution in [0.5, 0.6) is 0 Å². The molecule has 2 aromatic carbocycles. The fourth-order valence-electron chi connectivity index (χ4n) is 3.07. The highest BCUT2D eigenvalue weighted by atomic mass is 35.5. The summed E-state index contributed by atoms with van der Waals surface area (Å²) in [6.45, 7) is 3.89. The van der Waals surface area contributed by atoms with E-state index in [9.17, 15) is 4.79 Å². The van der Waals surface area contributed by atoms with Crippen molar-refractivity contribution in [1.82, 2.24) is 4.90 Å². The molecule has 1 saturated heterocycles. The van der Waals surface area contributed by atoms with Crippen LogP contribution in [0.25, 0.3) is 0 Å². The van der Waals surface area contributed by atoms with Gasteiger partial charge in [-0.1, -0.05) is 61.0 Å². The van der Waals surface area contributed by atoms with Crippen LogP contribution in [0, 0.1) is 0 Å². The van der Waals surface area contributed by atoms with E-state index in [1.165, 1.54) is 5.56 Å². The first-order valence-electron chi connectivity index (χ1n) is 8.33. The van der Waals surface area contributed by atoms with Gasteiger partial charge in [-0.3, -0.25) is 4.79 Å². The minimum Gasteiger partial charge on any atom is -0.370 e. The molecular weight excluding hydrogens is 322 g/mol. The normalized spacial score (nSPS) is 19.1. The smallest absolute Gasteiger partial charge is 0.223 e. The number of carbonyl (C=O) groups is 1. The molecule has 0 spiro atoms. The van der Waals surface area contributed by atoms with Gasteiger partial charge in [0.05, 0.1) is 13.2 Å². The molecule has 126 valence electrons. The first-order valence-corrected chi connectivity index (χ1v) is 8.71. The summed E-state index contributed by atoms with van der Waals surface area (Å²) in [5, 5.41) is 0.692. The predicted molar refractivity (Wildman–Crippen MR) is 96.2 cm³/mol. The van der Waals surface area contributed by atoms with Gasteiger partial charge in [-0.25, -0.2) is 0 Å². The molecule has 2 unspecified atom stereocenters. The number of nitrogens with zero attached hydrogens (tertiary/aromatic N) is 1. The van der Waals surface area contributed by atoms with Gasteiger partial charge in [-0.2, -0.15) is 0 Å². The van der Waals surface area contributed by atoms with Crippen LogP contribution < -0.4 is 0 Å². The zero-order valence-electron chi connectivity index (χ0n) is 13.8. The Morgan fingerprint density at radius 3 is 2.79 bits per heavy atom. The van der Waals surface area contributed by atoms with Crippen molar-refractivity contribution in [2.24, 2.45) is 0 Å². The minimum atomic E-state index is -0.103. The molecule has 1 aliphatic rings. The molecule has 4 heteroatoms. The molecule has 0 bridgehead atoms. The molecule has 1 aliphatic heterocycles. The number of halogens is 1. The van der Waals surface area contributed by atoms with Gasteiger partial charge in [0.25, 0.3) is 0 Å². The second-order valence-corrected chi connectivity index (χ2v) is 6.71. The topological polar surface area (TPSA) is 29.5 Å². The lowest BCUT2D eigenvalue weighted by molar-refractivity contribution is -0.139. The zero-order chi connectivity index (χ0) is 16.9. The predicted octanol–water partition coefficient (Wildman–Crippen LogP) is 4.43. The van der Waals surface area contributed by atoms with E-state index in [2.05, 4.69) is 19.1 Å². The average Bonchev–Trinajstić information content (AvgIpc) is 2.62. The highest BCUT2D eigenvalue weighted by molar-refractivity contribution is 6.30. The van der Waals surface area contributed by atoms with Crippen molar-refractivity contribution >= 4 is 17.5 Å². The summed E-state index contributed by atoms with van der Waals surface area (Å²) in [5.41, 5.74) is 2.22. The number of hydrogen-bond acceptors (Lipinski definition) is 2. The molecule has 3 nitrogen and oxygen atoms in total. The van der Waals surface area contributed by atoms with Gasteiger partial charge in [0, 0.05) is 18.0 Å². The van der Waals surface area contributed by atoms with Crippen LogP contribution in [0.3, 0.4) is 0 Å². The van der Waals surface area contributed by atoms with Crippen LogP contribution in [0.2, 0.25) is 5.02 Å². The van der Waals surface area contributed by atoms with Crippen molar-refractivity contribution < 1.29 is 9.53 Å². The second-order valence-electron chi connectivity index (χ2n) is 6.27. The Hall–Kier alpha value is -1.84. The zero-order valence-corrected chi connectivity index (χ0v) is 14.6. The Labute approximate surface area is 148 Å². The summed E-state index contributed by atoms with van der Waals surface area (Å²) < 4.78 is 5.84. The highest BCUT2D eigenvalue weighted by Gasteiger charge is 2.26. The molecule has 1 amide bonds. The minimum absolute atomic E-state index is 0.103. The van der Waals surface area contributed by atoms with Crippen LogP contribution in [-0.4, -0.2) is 30.5 Å². The fourth-order valence-corrected chi connectivity index (χ4v) is 3.27. The third-order valence-corrected chi connectivity index (χ3v) is 4.72. The van der Waals surface area contributed by atoms with Crippen LogP contribution in [-0.2, 0) is 9.53 Å². The number of carbonyl (C=O) groups excluding carboxylic acids is 1. The summed E-state index contributed by atoms with van der Waals surface area (Å²) in [4.78, 5) is 14.6. The summed E-state index contributed by atoms with van der Waals surface area (Å²) in [6.07, 6.45) is 0.417. The van der Waals surface area contributed by atoms with E-state index < -0.39 is 0 Å². The van der Waals surface area contributed by atoms with Gasteiger partial charge >= 0.3 is 0 Å². The molecule has 1 heterocycles. The number of hydrogen-bond donors (Lipinski definition) is 0. The van der Waals surface area contributed by atoms with E-state index >= 15 is 0 Å². The number of morpholine rings is 1. The molecule has 0 aliphatic carbocycles. The monoisotopic (exact) mass is 343 g/mol. The SMILES string of the molecule is CC(CC(=O)N1CCOC(c2cccc(Cl)c2)C1)c1ccccc1. The summed E-state index contributed by atoms with van der Waals surface area (Å²) in [5.74, 6) is 0.396. The molecule has 0 radical (unpaired) electrons. The van der Waals surface area contributed by atoms with Gasteiger partial charge in [0.1, 0.15) is 6.10 Å². The Balaban J connectivity index is 1.63. The third kappa shape index (κ3) is 4.16. The lowest BCUT2D eigenvalue weighted by atomic mass is 9.97. The van der Waals surface area contributed by atoms with Crippen LogP contribution in [0.1, 0.15) is 36.5 Å². The maximum atomic E-state index is 12.7. The first-order chi connectivity index (χ1) is 11.6. The Bertz CT molecular complexity index is 689.